The van der Waals surface area contributed by atoms with Crippen molar-refractivity contribution in [1.29, 1.82) is 0 Å². The first-order chi connectivity index (χ1) is 13.9. The number of fused-ring (bicyclic) bond motifs is 1. The van der Waals surface area contributed by atoms with Gasteiger partial charge in [-0.15, -0.1) is 0 Å². The van der Waals surface area contributed by atoms with Crippen LogP contribution in [0.15, 0.2) is 12.2 Å². The normalized spacial score (nSPS) is 39.7. The number of allylic oxidation sites excluding steroid dienone is 2. The minimum atomic E-state index is -0.503. The van der Waals surface area contributed by atoms with Crippen LogP contribution in [0.5, 0.6) is 0 Å². The van der Waals surface area contributed by atoms with E-state index in [4.69, 9.17) is 4.74 Å². The molecule has 4 bridgehead atoms. The molecule has 4 saturated carbocycles. The molecule has 0 unspecified atom stereocenters. The topological polar surface area (TPSA) is 80.8 Å². The van der Waals surface area contributed by atoms with Gasteiger partial charge >= 0.3 is 5.97 Å². The summed E-state index contributed by atoms with van der Waals surface area (Å²) in [5, 5.41) is 0. The molecule has 6 nitrogen and oxygen atoms in total. The number of esters is 1. The van der Waals surface area contributed by atoms with Crippen LogP contribution >= 0.6 is 0 Å². The van der Waals surface area contributed by atoms with Crippen LogP contribution in [0.4, 0.5) is 0 Å². The van der Waals surface area contributed by atoms with Crippen molar-refractivity contribution in [3.63, 3.8) is 0 Å². The predicted molar refractivity (Wildman–Crippen MR) is 103 cm³/mol. The maximum atomic E-state index is 12.9. The van der Waals surface area contributed by atoms with Crippen molar-refractivity contribution in [2.24, 2.45) is 35.0 Å². The molecule has 6 heteroatoms. The number of hydrogen-bond acceptors (Lipinski definition) is 5. The van der Waals surface area contributed by atoms with Gasteiger partial charge in [0, 0.05) is 12.0 Å². The number of hydrogen-bond donors (Lipinski definition) is 0. The van der Waals surface area contributed by atoms with E-state index in [9.17, 15) is 19.2 Å². The molecule has 0 aromatic rings. The number of amides is 2. The lowest BCUT2D eigenvalue weighted by molar-refractivity contribution is -0.158. The zero-order chi connectivity index (χ0) is 20.2. The summed E-state index contributed by atoms with van der Waals surface area (Å²) in [6.07, 6.45) is 11.7. The molecule has 0 aromatic carbocycles. The summed E-state index contributed by atoms with van der Waals surface area (Å²) in [4.78, 5) is 51.3. The Balaban J connectivity index is 1.12. The van der Waals surface area contributed by atoms with Crippen molar-refractivity contribution < 1.29 is 23.9 Å². The van der Waals surface area contributed by atoms with Crippen molar-refractivity contribution in [2.45, 2.75) is 57.8 Å². The van der Waals surface area contributed by atoms with Gasteiger partial charge < -0.3 is 4.74 Å². The maximum absolute atomic E-state index is 12.9. The Morgan fingerprint density at radius 1 is 0.931 bits per heavy atom. The summed E-state index contributed by atoms with van der Waals surface area (Å²) in [5.41, 5.74) is -0.265. The third-order valence-corrected chi connectivity index (χ3v) is 8.13. The summed E-state index contributed by atoms with van der Waals surface area (Å²) in [7, 11) is 0. The lowest BCUT2D eigenvalue weighted by Crippen LogP contribution is -2.51. The quantitative estimate of drug-likeness (QED) is 0.390. The summed E-state index contributed by atoms with van der Waals surface area (Å²) < 4.78 is 5.29. The van der Waals surface area contributed by atoms with Crippen LogP contribution in [0.1, 0.15) is 57.8 Å². The summed E-state index contributed by atoms with van der Waals surface area (Å²) in [5.74, 6) is 0.682. The number of imide groups is 1. The molecule has 2 atom stereocenters. The average molecular weight is 399 g/mol. The van der Waals surface area contributed by atoms with Crippen LogP contribution < -0.4 is 0 Å². The standard InChI is InChI=1S/C23H29NO5/c25-19(23-10-14-7-15(11-23)9-16(8-14)12-23)13-29-20(26)5-6-24-21(27)17-3-1-2-4-18(17)22(24)28/h1-2,14-18H,3-13H2/t14?,15?,16?,17-,18+,23?. The number of nitrogens with zero attached hydrogens (tertiary/aromatic N) is 1. The third kappa shape index (κ3) is 3.24. The molecule has 6 aliphatic rings. The highest BCUT2D eigenvalue weighted by Crippen LogP contribution is 2.60. The number of ether oxygens (including phenoxy) is 1. The van der Waals surface area contributed by atoms with E-state index in [-0.39, 0.29) is 54.4 Å². The van der Waals surface area contributed by atoms with Crippen LogP contribution in [0.25, 0.3) is 0 Å². The molecule has 5 aliphatic carbocycles. The second-order valence-corrected chi connectivity index (χ2v) is 10.0. The van der Waals surface area contributed by atoms with Gasteiger partial charge in [0.15, 0.2) is 12.4 Å². The monoisotopic (exact) mass is 399 g/mol. The molecule has 0 spiro atoms. The Morgan fingerprint density at radius 2 is 1.45 bits per heavy atom. The van der Waals surface area contributed by atoms with E-state index >= 15 is 0 Å². The molecule has 1 heterocycles. The van der Waals surface area contributed by atoms with Gasteiger partial charge in [-0.05, 0) is 69.1 Å². The van der Waals surface area contributed by atoms with Gasteiger partial charge in [-0.3, -0.25) is 24.1 Å². The van der Waals surface area contributed by atoms with Crippen LogP contribution in [0.2, 0.25) is 0 Å². The Morgan fingerprint density at radius 3 is 1.97 bits per heavy atom. The number of ketones is 1. The predicted octanol–water partition coefficient (Wildman–Crippen LogP) is 2.66. The van der Waals surface area contributed by atoms with Crippen molar-refractivity contribution in [2.75, 3.05) is 13.2 Å². The smallest absolute Gasteiger partial charge is 0.308 e. The van der Waals surface area contributed by atoms with Gasteiger partial charge in [0.25, 0.3) is 0 Å². The average Bonchev–Trinajstić information content (AvgIpc) is 2.94. The first kappa shape index (κ1) is 19.0. The Bertz CT molecular complexity index is 723. The zero-order valence-electron chi connectivity index (χ0n) is 16.8. The fourth-order valence-electron chi connectivity index (χ4n) is 7.12. The van der Waals surface area contributed by atoms with Crippen molar-refractivity contribution >= 4 is 23.6 Å². The minimum Gasteiger partial charge on any atom is -0.458 e. The molecular formula is C23H29NO5. The van der Waals surface area contributed by atoms with Gasteiger partial charge in [0.05, 0.1) is 18.3 Å². The largest absolute Gasteiger partial charge is 0.458 e. The molecule has 6 rings (SSSR count). The van der Waals surface area contributed by atoms with Crippen molar-refractivity contribution in [3.8, 4) is 0 Å². The molecule has 1 saturated heterocycles. The van der Waals surface area contributed by atoms with Crippen LogP contribution in [0, 0.1) is 35.0 Å². The van der Waals surface area contributed by atoms with Gasteiger partial charge in [-0.25, -0.2) is 0 Å². The molecule has 156 valence electrons. The highest BCUT2D eigenvalue weighted by Gasteiger charge is 2.54. The Hall–Kier alpha value is -1.98. The molecule has 0 radical (unpaired) electrons. The Labute approximate surface area is 171 Å². The van der Waals surface area contributed by atoms with E-state index in [1.165, 1.54) is 24.2 Å². The van der Waals surface area contributed by atoms with Gasteiger partial charge in [0.2, 0.25) is 11.8 Å². The summed E-state index contributed by atoms with van der Waals surface area (Å²) >= 11 is 0. The van der Waals surface area contributed by atoms with Crippen molar-refractivity contribution in [3.05, 3.63) is 12.2 Å². The fourth-order valence-corrected chi connectivity index (χ4v) is 7.12. The van der Waals surface area contributed by atoms with Crippen LogP contribution in [0.3, 0.4) is 0 Å². The van der Waals surface area contributed by atoms with Crippen LogP contribution in [-0.2, 0) is 23.9 Å². The van der Waals surface area contributed by atoms with Gasteiger partial charge in [-0.2, -0.15) is 0 Å². The molecule has 0 aromatic heterocycles. The molecular weight excluding hydrogens is 370 g/mol. The fraction of sp³-hybridized carbons (Fsp3) is 0.739. The minimum absolute atomic E-state index is 0.0432. The number of likely N-dealkylation sites (tertiary alicyclic amines) is 1. The molecule has 29 heavy (non-hydrogen) atoms. The third-order valence-electron chi connectivity index (χ3n) is 8.13. The molecule has 1 aliphatic heterocycles. The second kappa shape index (κ2) is 7.06. The lowest BCUT2D eigenvalue weighted by atomic mass is 9.48. The molecule has 5 fully saturated rings. The highest BCUT2D eigenvalue weighted by molar-refractivity contribution is 6.05. The van der Waals surface area contributed by atoms with Gasteiger partial charge in [-0.1, -0.05) is 12.2 Å². The molecule has 2 amide bonds. The SMILES string of the molecule is O=C(CCN1C(=O)[C@H]2CC=CC[C@H]2C1=O)OCC(=O)C12CC3CC(CC(C3)C1)C2. The summed E-state index contributed by atoms with van der Waals surface area (Å²) in [6.45, 7) is -0.114. The number of rotatable bonds is 6. The number of carbonyl (C=O) groups is 4. The second-order valence-electron chi connectivity index (χ2n) is 10.0. The van der Waals surface area contributed by atoms with E-state index in [0.717, 1.165) is 19.3 Å². The van der Waals surface area contributed by atoms with Gasteiger partial charge in [0.1, 0.15) is 0 Å². The van der Waals surface area contributed by atoms with E-state index in [0.29, 0.717) is 30.6 Å². The maximum Gasteiger partial charge on any atom is 0.308 e. The van der Waals surface area contributed by atoms with E-state index in [1.807, 2.05) is 12.2 Å². The summed E-state index contributed by atoms with van der Waals surface area (Å²) in [6, 6.07) is 0. The first-order valence-corrected chi connectivity index (χ1v) is 11.1. The zero-order valence-corrected chi connectivity index (χ0v) is 16.8. The lowest BCUT2D eigenvalue weighted by Gasteiger charge is -2.55. The van der Waals surface area contributed by atoms with E-state index in [2.05, 4.69) is 0 Å². The highest BCUT2D eigenvalue weighted by atomic mass is 16.5. The molecule has 0 N–H and O–H groups in total. The van der Waals surface area contributed by atoms with Crippen LogP contribution in [-0.4, -0.2) is 41.6 Å². The first-order valence-electron chi connectivity index (χ1n) is 11.1. The van der Waals surface area contributed by atoms with E-state index in [1.54, 1.807) is 0 Å². The number of carbonyl (C=O) groups excluding carboxylic acids is 4. The van der Waals surface area contributed by atoms with Crippen molar-refractivity contribution in [1.82, 2.24) is 4.90 Å². The van der Waals surface area contributed by atoms with E-state index < -0.39 is 5.97 Å². The number of Topliss-reactive ketones (excluding diaryl/α,β-unsaturated/α-hetero) is 1. The Kier molecular flexibility index (Phi) is 4.63.